The number of nitrogens with zero attached hydrogens (tertiary/aromatic N) is 2. The second kappa shape index (κ2) is 9.89. The average molecular weight is 518 g/mol. The Kier molecular flexibility index (Phi) is 6.78. The van der Waals surface area contributed by atoms with Crippen molar-refractivity contribution in [3.05, 3.63) is 41.7 Å². The highest BCUT2D eigenvalue weighted by Crippen LogP contribution is 2.40. The number of nitrogens with one attached hydrogen (secondary N) is 1. The molecule has 10 heteroatoms. The molecule has 0 unspecified atom stereocenters. The van der Waals surface area contributed by atoms with Crippen molar-refractivity contribution in [1.82, 2.24) is 9.97 Å². The summed E-state index contributed by atoms with van der Waals surface area (Å²) in [6.45, 7) is 5.47. The number of halogens is 3. The fourth-order valence-corrected chi connectivity index (χ4v) is 5.29. The zero-order valence-electron chi connectivity index (χ0n) is 20.8. The van der Waals surface area contributed by atoms with Crippen LogP contribution < -0.4 is 9.64 Å². The lowest BCUT2D eigenvalue weighted by molar-refractivity contribution is -0.151. The molecule has 1 saturated carbocycles. The van der Waals surface area contributed by atoms with Crippen LogP contribution >= 0.6 is 0 Å². The van der Waals surface area contributed by atoms with Crippen LogP contribution in [0.5, 0.6) is 5.88 Å². The van der Waals surface area contributed by atoms with Gasteiger partial charge in [-0.05, 0) is 57.6 Å². The molecular formula is C27H30F3N3O4. The summed E-state index contributed by atoms with van der Waals surface area (Å²) in [5, 5.41) is 9.48. The first kappa shape index (κ1) is 25.4. The van der Waals surface area contributed by atoms with Crippen LogP contribution in [0.3, 0.4) is 0 Å². The Labute approximate surface area is 212 Å². The first-order valence-corrected chi connectivity index (χ1v) is 12.5. The smallest absolute Gasteiger partial charge is 0.309 e. The summed E-state index contributed by atoms with van der Waals surface area (Å²) in [7, 11) is 0. The summed E-state index contributed by atoms with van der Waals surface area (Å²) in [5.74, 6) is -3.00. The number of rotatable bonds is 6. The molecule has 0 spiro atoms. The van der Waals surface area contributed by atoms with Crippen LogP contribution in [0.15, 0.2) is 24.3 Å². The van der Waals surface area contributed by atoms with E-state index in [2.05, 4.69) is 9.97 Å². The normalized spacial score (nSPS) is 20.8. The summed E-state index contributed by atoms with van der Waals surface area (Å²) in [6, 6.07) is 5.14. The molecule has 0 bridgehead atoms. The number of pyridine rings is 1. The molecule has 3 heterocycles. The van der Waals surface area contributed by atoms with Gasteiger partial charge in [0.1, 0.15) is 23.4 Å². The van der Waals surface area contributed by atoms with Crippen molar-refractivity contribution >= 4 is 22.7 Å². The van der Waals surface area contributed by atoms with Crippen molar-refractivity contribution in [2.75, 3.05) is 31.2 Å². The molecule has 37 heavy (non-hydrogen) atoms. The van der Waals surface area contributed by atoms with Gasteiger partial charge in [0.25, 0.3) is 0 Å². The maximum Gasteiger partial charge on any atom is 0.309 e. The van der Waals surface area contributed by atoms with E-state index in [4.69, 9.17) is 9.47 Å². The maximum atomic E-state index is 15.0. The minimum absolute atomic E-state index is 0.0605. The predicted molar refractivity (Wildman–Crippen MR) is 132 cm³/mol. The van der Waals surface area contributed by atoms with Crippen LogP contribution in [0, 0.1) is 28.8 Å². The predicted octanol–water partition coefficient (Wildman–Crippen LogP) is 5.53. The molecule has 2 aliphatic rings. The van der Waals surface area contributed by atoms with E-state index in [1.807, 2.05) is 4.90 Å². The number of aromatic amines is 1. The number of H-pyrrole nitrogens is 1. The number of benzene rings is 1. The Balaban J connectivity index is 1.34. The molecule has 1 aromatic carbocycles. The SMILES string of the molecule is CC(C)(C(=O)O)C1CCC(Oc2cc3nc(-c4c(F)cc(N5CCOCC5)cc4F)c(F)cc3[nH]2)CC1. The van der Waals surface area contributed by atoms with E-state index >= 15 is 8.78 Å². The van der Waals surface area contributed by atoms with Gasteiger partial charge >= 0.3 is 5.97 Å². The number of carbonyl (C=O) groups is 1. The number of hydrogen-bond acceptors (Lipinski definition) is 5. The lowest BCUT2D eigenvalue weighted by Crippen LogP contribution is -2.37. The Morgan fingerprint density at radius 1 is 1.05 bits per heavy atom. The lowest BCUT2D eigenvalue weighted by atomic mass is 9.70. The van der Waals surface area contributed by atoms with E-state index in [0.29, 0.717) is 61.7 Å². The standard InChI is InChI=1S/C27H30F3N3O4/c1-27(2,26(34)35)15-3-5-17(6-4-15)37-23-14-22-21(31-23)13-20(30)25(32-22)24-18(28)11-16(12-19(24)29)33-7-9-36-10-8-33/h11-15,17,31H,3-10H2,1-2H3,(H,34,35). The number of carboxylic acid groups (broad SMARTS) is 1. The second-order valence-electron chi connectivity index (χ2n) is 10.4. The molecule has 1 aliphatic heterocycles. The molecule has 5 rings (SSSR count). The van der Waals surface area contributed by atoms with Gasteiger partial charge in [0.15, 0.2) is 11.7 Å². The van der Waals surface area contributed by atoms with Crippen LogP contribution in [-0.2, 0) is 9.53 Å². The highest BCUT2D eigenvalue weighted by atomic mass is 19.1. The van der Waals surface area contributed by atoms with Crippen molar-refractivity contribution in [2.24, 2.45) is 11.3 Å². The highest BCUT2D eigenvalue weighted by Gasteiger charge is 2.39. The van der Waals surface area contributed by atoms with Gasteiger partial charge in [-0.3, -0.25) is 4.79 Å². The van der Waals surface area contributed by atoms with Crippen molar-refractivity contribution < 1.29 is 32.5 Å². The number of morpholine rings is 1. The maximum absolute atomic E-state index is 15.0. The molecule has 7 nitrogen and oxygen atoms in total. The molecule has 1 aliphatic carbocycles. The number of carboxylic acids is 1. The van der Waals surface area contributed by atoms with E-state index in [9.17, 15) is 14.3 Å². The third-order valence-corrected chi connectivity index (χ3v) is 7.71. The number of fused-ring (bicyclic) bond motifs is 1. The summed E-state index contributed by atoms with van der Waals surface area (Å²) in [5.41, 5.74) is -0.667. The summed E-state index contributed by atoms with van der Waals surface area (Å²) >= 11 is 0. The first-order chi connectivity index (χ1) is 17.6. The summed E-state index contributed by atoms with van der Waals surface area (Å²) in [4.78, 5) is 20.6. The minimum atomic E-state index is -0.889. The molecule has 2 aromatic heterocycles. The first-order valence-electron chi connectivity index (χ1n) is 12.5. The molecule has 0 amide bonds. The van der Waals surface area contributed by atoms with E-state index in [-0.39, 0.29) is 12.0 Å². The van der Waals surface area contributed by atoms with Crippen LogP contribution in [-0.4, -0.2) is 53.5 Å². The molecule has 1 saturated heterocycles. The number of ether oxygens (including phenoxy) is 2. The van der Waals surface area contributed by atoms with Gasteiger partial charge in [-0.1, -0.05) is 0 Å². The molecule has 0 atom stereocenters. The van der Waals surface area contributed by atoms with Crippen molar-refractivity contribution in [1.29, 1.82) is 0 Å². The Hall–Kier alpha value is -3.27. The summed E-state index contributed by atoms with van der Waals surface area (Å²) < 4.78 is 56.4. The molecule has 0 radical (unpaired) electrons. The fourth-order valence-electron chi connectivity index (χ4n) is 5.29. The third kappa shape index (κ3) is 4.99. The average Bonchev–Trinajstić information content (AvgIpc) is 3.25. The highest BCUT2D eigenvalue weighted by molar-refractivity contribution is 5.81. The van der Waals surface area contributed by atoms with Gasteiger partial charge in [0.05, 0.1) is 35.2 Å². The van der Waals surface area contributed by atoms with E-state index in [1.54, 1.807) is 19.9 Å². The number of aliphatic carboxylic acids is 1. The quantitative estimate of drug-likeness (QED) is 0.447. The molecule has 2 fully saturated rings. The van der Waals surface area contributed by atoms with Crippen LogP contribution in [0.1, 0.15) is 39.5 Å². The van der Waals surface area contributed by atoms with Gasteiger partial charge in [0.2, 0.25) is 0 Å². The second-order valence-corrected chi connectivity index (χ2v) is 10.4. The largest absolute Gasteiger partial charge is 0.481 e. The van der Waals surface area contributed by atoms with Crippen LogP contribution in [0.4, 0.5) is 18.9 Å². The Morgan fingerprint density at radius 2 is 1.70 bits per heavy atom. The van der Waals surface area contributed by atoms with Crippen molar-refractivity contribution in [3.8, 4) is 17.1 Å². The fraction of sp³-hybridized carbons (Fsp3) is 0.481. The zero-order chi connectivity index (χ0) is 26.3. The van der Waals surface area contributed by atoms with E-state index < -0.39 is 40.1 Å². The molecular weight excluding hydrogens is 487 g/mol. The lowest BCUT2D eigenvalue weighted by Gasteiger charge is -2.36. The van der Waals surface area contributed by atoms with Crippen molar-refractivity contribution in [2.45, 2.75) is 45.6 Å². The monoisotopic (exact) mass is 517 g/mol. The molecule has 198 valence electrons. The number of hydrogen-bond donors (Lipinski definition) is 2. The van der Waals surface area contributed by atoms with Gasteiger partial charge in [-0.2, -0.15) is 0 Å². The number of anilines is 1. The third-order valence-electron chi connectivity index (χ3n) is 7.71. The van der Waals surface area contributed by atoms with Crippen LogP contribution in [0.2, 0.25) is 0 Å². The van der Waals surface area contributed by atoms with Gasteiger partial charge in [-0.25, -0.2) is 18.2 Å². The Bertz CT molecular complexity index is 1290. The number of aromatic nitrogens is 2. The topological polar surface area (TPSA) is 87.7 Å². The van der Waals surface area contributed by atoms with Gasteiger partial charge in [0, 0.05) is 30.9 Å². The van der Waals surface area contributed by atoms with Gasteiger partial charge in [-0.15, -0.1) is 0 Å². The Morgan fingerprint density at radius 3 is 2.32 bits per heavy atom. The molecule has 2 N–H and O–H groups in total. The van der Waals surface area contributed by atoms with E-state index in [0.717, 1.165) is 18.9 Å². The van der Waals surface area contributed by atoms with E-state index in [1.165, 1.54) is 12.1 Å². The molecule has 3 aromatic rings. The van der Waals surface area contributed by atoms with Gasteiger partial charge < -0.3 is 24.5 Å². The minimum Gasteiger partial charge on any atom is -0.481 e. The summed E-state index contributed by atoms with van der Waals surface area (Å²) in [6.07, 6.45) is 2.70. The zero-order valence-corrected chi connectivity index (χ0v) is 20.8. The van der Waals surface area contributed by atoms with Crippen molar-refractivity contribution in [3.63, 3.8) is 0 Å². The van der Waals surface area contributed by atoms with Crippen LogP contribution in [0.25, 0.3) is 22.3 Å².